The third-order valence-corrected chi connectivity index (χ3v) is 4.24. The normalized spacial score (nSPS) is 14.5. The van der Waals surface area contributed by atoms with Gasteiger partial charge >= 0.3 is 41.7 Å². The Morgan fingerprint density at radius 1 is 0.576 bits per heavy atom. The van der Waals surface area contributed by atoms with Gasteiger partial charge in [0, 0.05) is 0 Å². The van der Waals surface area contributed by atoms with E-state index in [-0.39, 0.29) is 0 Å². The summed E-state index contributed by atoms with van der Waals surface area (Å²) in [6.45, 7) is 4.24. The molecule has 33 heavy (non-hydrogen) atoms. The van der Waals surface area contributed by atoms with Gasteiger partial charge in [-0.1, -0.05) is 24.3 Å². The van der Waals surface area contributed by atoms with Gasteiger partial charge in [0.15, 0.2) is 0 Å². The first-order chi connectivity index (χ1) is 14.2. The van der Waals surface area contributed by atoms with Gasteiger partial charge in [-0.3, -0.25) is 4.79 Å². The zero-order chi connectivity index (χ0) is 27.1. The zero-order valence-corrected chi connectivity index (χ0v) is 16.5. The van der Waals surface area contributed by atoms with Crippen molar-refractivity contribution in [1.82, 2.24) is 0 Å². The Labute approximate surface area is 179 Å². The second-order valence-electron chi connectivity index (χ2n) is 6.30. The van der Waals surface area contributed by atoms with E-state index in [1.54, 1.807) is 0 Å². The molecule has 1 nitrogen and oxygen atoms in total. The number of alkyl halides is 15. The predicted octanol–water partition coefficient (Wildman–Crippen LogP) is 7.43. The van der Waals surface area contributed by atoms with Crippen molar-refractivity contribution >= 4 is 16.8 Å². The van der Waals surface area contributed by atoms with E-state index in [1.807, 2.05) is 0 Å². The van der Waals surface area contributed by atoms with Crippen LogP contribution >= 0.6 is 11.6 Å². The van der Waals surface area contributed by atoms with Crippen LogP contribution in [0.25, 0.3) is 0 Å². The molecule has 192 valence electrons. The molecule has 0 unspecified atom stereocenters. The summed E-state index contributed by atoms with van der Waals surface area (Å²) in [5, 5.41) is -3.81. The fourth-order valence-corrected chi connectivity index (χ4v) is 1.87. The van der Waals surface area contributed by atoms with E-state index in [0.29, 0.717) is 0 Å². The van der Waals surface area contributed by atoms with Gasteiger partial charge in [0.25, 0.3) is 5.24 Å². The van der Waals surface area contributed by atoms with Gasteiger partial charge < -0.3 is 0 Å². The van der Waals surface area contributed by atoms with E-state index in [0.717, 1.165) is 0 Å². The Morgan fingerprint density at radius 3 is 1.09 bits per heavy atom. The second kappa shape index (κ2) is 9.06. The van der Waals surface area contributed by atoms with Gasteiger partial charge in [0.05, 0.1) is 0 Å². The van der Waals surface area contributed by atoms with Crippen LogP contribution in [0.2, 0.25) is 0 Å². The fourth-order valence-electron chi connectivity index (χ4n) is 1.75. The lowest BCUT2D eigenvalue weighted by atomic mass is 9.91. The summed E-state index contributed by atoms with van der Waals surface area (Å²) in [7, 11) is 0. The van der Waals surface area contributed by atoms with E-state index >= 15 is 0 Å². The van der Waals surface area contributed by atoms with Crippen LogP contribution in [0.1, 0.15) is 11.1 Å². The van der Waals surface area contributed by atoms with Crippen LogP contribution in [0.3, 0.4) is 0 Å². The topological polar surface area (TPSA) is 17.1 Å². The molecule has 0 bridgehead atoms. The number of carbonyl (C=O) groups excluding carboxylic acids is 1. The van der Waals surface area contributed by atoms with Crippen molar-refractivity contribution in [3.8, 4) is 0 Å². The SMILES string of the molecule is Cc1ccccc1C.O=C(Cl)C(F)(F)C(F)(F)C(F)(F)C(F)(F)C(F)(F)C(F)(F)C(F)(F)F. The Bertz CT molecular complexity index is 824. The minimum absolute atomic E-state index is 1.37. The lowest BCUT2D eigenvalue weighted by molar-refractivity contribution is -0.449. The van der Waals surface area contributed by atoms with E-state index in [2.05, 4.69) is 49.7 Å². The average molecular weight is 539 g/mol. The third-order valence-electron chi connectivity index (χ3n) is 4.00. The molecule has 0 atom stereocenters. The molecule has 0 N–H and O–H groups in total. The van der Waals surface area contributed by atoms with E-state index in [1.165, 1.54) is 11.1 Å². The van der Waals surface area contributed by atoms with Crippen molar-refractivity contribution in [3.63, 3.8) is 0 Å². The fraction of sp³-hybridized carbons (Fsp3) is 0.562. The number of carbonyl (C=O) groups is 1. The van der Waals surface area contributed by atoms with Crippen LogP contribution < -0.4 is 0 Å². The number of halogens is 16. The van der Waals surface area contributed by atoms with Crippen molar-refractivity contribution < 1.29 is 70.7 Å². The molecule has 0 fully saturated rings. The number of hydrogen-bond donors (Lipinski definition) is 0. The smallest absolute Gasteiger partial charge is 0.274 e. The molecule has 0 heterocycles. The van der Waals surface area contributed by atoms with Gasteiger partial charge in [-0.05, 0) is 36.6 Å². The monoisotopic (exact) mass is 538 g/mol. The molecular weight excluding hydrogens is 529 g/mol. The second-order valence-corrected chi connectivity index (χ2v) is 6.65. The van der Waals surface area contributed by atoms with Crippen LogP contribution in [0.15, 0.2) is 24.3 Å². The predicted molar refractivity (Wildman–Crippen MR) is 82.5 cm³/mol. The first-order valence-corrected chi connectivity index (χ1v) is 8.18. The van der Waals surface area contributed by atoms with Crippen LogP contribution in [0.5, 0.6) is 0 Å². The highest BCUT2D eigenvalue weighted by Crippen LogP contribution is 2.62. The zero-order valence-electron chi connectivity index (χ0n) is 15.8. The van der Waals surface area contributed by atoms with Gasteiger partial charge in [-0.15, -0.1) is 0 Å². The number of aryl methyl sites for hydroxylation is 2. The van der Waals surface area contributed by atoms with Crippen molar-refractivity contribution in [1.29, 1.82) is 0 Å². The highest BCUT2D eigenvalue weighted by atomic mass is 35.5. The van der Waals surface area contributed by atoms with Crippen molar-refractivity contribution in [3.05, 3.63) is 35.4 Å². The first kappa shape index (κ1) is 31.1. The lowest BCUT2D eigenvalue weighted by Gasteiger charge is -2.40. The maximum atomic E-state index is 12.9. The Morgan fingerprint density at radius 2 is 0.848 bits per heavy atom. The number of hydrogen-bond acceptors (Lipinski definition) is 1. The summed E-state index contributed by atoms with van der Waals surface area (Å²) in [4.78, 5) is 9.93. The van der Waals surface area contributed by atoms with E-state index < -0.39 is 47.0 Å². The standard InChI is InChI=1S/C8ClF15O.C8H10/c9-1(25)2(10,11)3(12,13)4(14,15)5(16,17)6(18,19)7(20,21)8(22,23)24;1-7-5-3-4-6-8(7)2/h;3-6H,1-2H3. The summed E-state index contributed by atoms with van der Waals surface area (Å²) in [5.41, 5.74) is 2.74. The highest BCUT2D eigenvalue weighted by Gasteiger charge is 2.93. The third kappa shape index (κ3) is 4.99. The van der Waals surface area contributed by atoms with Gasteiger partial charge in [-0.25, -0.2) is 0 Å². The minimum atomic E-state index is -8.42. The number of rotatable bonds is 6. The summed E-state index contributed by atoms with van der Waals surface area (Å²) in [5.74, 6) is -48.0. The van der Waals surface area contributed by atoms with Crippen molar-refractivity contribution in [2.75, 3.05) is 0 Å². The molecule has 0 saturated heterocycles. The summed E-state index contributed by atoms with van der Waals surface area (Å²) >= 11 is 3.72. The molecule has 17 heteroatoms. The molecule has 1 rings (SSSR count). The van der Waals surface area contributed by atoms with Crippen LogP contribution in [0.4, 0.5) is 65.9 Å². The van der Waals surface area contributed by atoms with Gasteiger partial charge in [0.2, 0.25) is 0 Å². The first-order valence-electron chi connectivity index (χ1n) is 7.81. The van der Waals surface area contributed by atoms with Gasteiger partial charge in [-0.2, -0.15) is 65.9 Å². The van der Waals surface area contributed by atoms with E-state index in [4.69, 9.17) is 0 Å². The molecule has 0 aromatic heterocycles. The Kier molecular flexibility index (Phi) is 8.54. The van der Waals surface area contributed by atoms with Crippen LogP contribution in [0, 0.1) is 13.8 Å². The summed E-state index contributed by atoms with van der Waals surface area (Å²) in [6.07, 6.45) is -7.67. The molecule has 0 aliphatic carbocycles. The lowest BCUT2D eigenvalue weighted by Crippen LogP contribution is -2.73. The highest BCUT2D eigenvalue weighted by molar-refractivity contribution is 6.65. The quantitative estimate of drug-likeness (QED) is 0.272. The van der Waals surface area contributed by atoms with Crippen LogP contribution in [-0.2, 0) is 4.79 Å². The number of benzene rings is 1. The molecular formula is C16H10ClF15O. The molecule has 1 aromatic rings. The van der Waals surface area contributed by atoms with E-state index in [9.17, 15) is 70.7 Å². The van der Waals surface area contributed by atoms with Crippen molar-refractivity contribution in [2.45, 2.75) is 55.6 Å². The Balaban J connectivity index is 0.00000106. The molecule has 0 radical (unpaired) electrons. The summed E-state index contributed by atoms with van der Waals surface area (Å²) in [6, 6.07) is 8.36. The van der Waals surface area contributed by atoms with Gasteiger partial charge in [0.1, 0.15) is 0 Å². The molecule has 0 saturated carbocycles. The Hall–Kier alpha value is -1.87. The molecule has 0 aliphatic heterocycles. The maximum Gasteiger partial charge on any atom is 0.460 e. The molecule has 0 spiro atoms. The molecule has 0 aliphatic rings. The molecule has 1 aromatic carbocycles. The maximum absolute atomic E-state index is 12.9. The summed E-state index contributed by atoms with van der Waals surface area (Å²) < 4.78 is 187. The molecule has 0 amide bonds. The average Bonchev–Trinajstić information content (AvgIpc) is 2.62. The van der Waals surface area contributed by atoms with Crippen molar-refractivity contribution in [2.24, 2.45) is 0 Å². The van der Waals surface area contributed by atoms with Crippen LogP contribution in [-0.4, -0.2) is 47.0 Å². The minimum Gasteiger partial charge on any atom is -0.274 e. The largest absolute Gasteiger partial charge is 0.460 e.